The molecule has 12 rings (SSSR count). The third-order valence-electron chi connectivity index (χ3n) is 16.0. The molecule has 0 fully saturated rings. The number of hydrogen-bond acceptors (Lipinski definition) is 3. The summed E-state index contributed by atoms with van der Waals surface area (Å²) in [5.41, 5.74) is 17.2. The molecule has 0 saturated carbocycles. The average Bonchev–Trinajstić information content (AvgIpc) is 0.977. The molecule has 432 valence electrons. The molecule has 10 heteroatoms. The molecule has 0 aliphatic heterocycles. The lowest BCUT2D eigenvalue weighted by Gasteiger charge is -2.31. The Labute approximate surface area is 536 Å². The summed E-state index contributed by atoms with van der Waals surface area (Å²) in [4.78, 5) is 0. The summed E-state index contributed by atoms with van der Waals surface area (Å²) in [5, 5.41) is 3.25. The fourth-order valence-electron chi connectivity index (χ4n) is 12.4. The molecule has 0 aliphatic carbocycles. The third kappa shape index (κ3) is 12.7. The smallest absolute Gasteiger partial charge is 0.489 e. The van der Waals surface area contributed by atoms with Crippen molar-refractivity contribution in [3.63, 3.8) is 0 Å². The molecule has 3 nitrogen and oxygen atoms in total. The summed E-state index contributed by atoms with van der Waals surface area (Å²) in [7, 11) is -9.86. The van der Waals surface area contributed by atoms with Gasteiger partial charge in [0.15, 0.2) is 22.2 Å². The summed E-state index contributed by atoms with van der Waals surface area (Å²) in [5.74, 6) is 1.60. The van der Waals surface area contributed by atoms with E-state index < -0.39 is 29.5 Å². The van der Waals surface area contributed by atoms with E-state index in [4.69, 9.17) is 47.2 Å². The van der Waals surface area contributed by atoms with Crippen molar-refractivity contribution in [2.75, 3.05) is 0 Å². The molecular formula is C78H66BCl3O3Si3. The highest BCUT2D eigenvalue weighted by Crippen LogP contribution is 2.49. The standard InChI is InChI=1S/C78H66BCl3O3Si3/c1-86(2,80)76-64(55-34-16-7-17-35-55)52-67(70(58-40-22-10-23-41-58)73(76)61-46-28-13-29-47-61)83-79(84-68-53-65(56-36-18-8-19-37-56)77(87(3,4)81)74(62-48-30-14-31-49-62)71(68)59-42-24-11-25-43-59)85-69-54-66(57-38-20-9-21-39-57)78(88(5,6)82)75(63-50-32-15-33-51-63)72(69)60-44-26-12-27-45-60/h7-54H,1-6H3. The highest BCUT2D eigenvalue weighted by atomic mass is 35.6. The van der Waals surface area contributed by atoms with Crippen molar-refractivity contribution in [3.8, 4) is 117 Å². The molecule has 88 heavy (non-hydrogen) atoms. The van der Waals surface area contributed by atoms with Crippen molar-refractivity contribution >= 4 is 78.3 Å². The second-order valence-corrected chi connectivity index (χ2v) is 42.3. The number of halogens is 3. The van der Waals surface area contributed by atoms with E-state index in [1.54, 1.807) is 0 Å². The Morgan fingerprint density at radius 2 is 0.386 bits per heavy atom. The van der Waals surface area contributed by atoms with Crippen LogP contribution in [0.15, 0.2) is 291 Å². The maximum Gasteiger partial charge on any atom is 0.864 e. The van der Waals surface area contributed by atoms with Gasteiger partial charge in [0.25, 0.3) is 0 Å². The van der Waals surface area contributed by atoms with Gasteiger partial charge in [0.05, 0.1) is 0 Å². The lowest BCUT2D eigenvalue weighted by Crippen LogP contribution is -2.42. The van der Waals surface area contributed by atoms with E-state index in [1.165, 1.54) is 0 Å². The van der Waals surface area contributed by atoms with E-state index in [0.717, 1.165) is 116 Å². The number of rotatable bonds is 18. The van der Waals surface area contributed by atoms with Gasteiger partial charge in [-0.1, -0.05) is 312 Å². The van der Waals surface area contributed by atoms with Crippen LogP contribution in [0.3, 0.4) is 0 Å². The molecule has 0 spiro atoms. The summed E-state index contributed by atoms with van der Waals surface area (Å²) in [6, 6.07) is 101. The predicted molar refractivity (Wildman–Crippen MR) is 385 cm³/mol. The molecule has 0 atom stereocenters. The van der Waals surface area contributed by atoms with Gasteiger partial charge in [0.1, 0.15) is 17.2 Å². The zero-order chi connectivity index (χ0) is 61.0. The van der Waals surface area contributed by atoms with Gasteiger partial charge in [-0.25, -0.2) is 0 Å². The van der Waals surface area contributed by atoms with Crippen molar-refractivity contribution in [3.05, 3.63) is 291 Å². The first-order valence-electron chi connectivity index (χ1n) is 29.8. The Morgan fingerprint density at radius 3 is 0.557 bits per heavy atom. The van der Waals surface area contributed by atoms with Gasteiger partial charge in [-0.05, 0) is 117 Å². The van der Waals surface area contributed by atoms with E-state index in [0.29, 0.717) is 17.2 Å². The van der Waals surface area contributed by atoms with Gasteiger partial charge in [0.2, 0.25) is 0 Å². The molecule has 0 bridgehead atoms. The topological polar surface area (TPSA) is 27.7 Å². The van der Waals surface area contributed by atoms with Crippen LogP contribution >= 0.6 is 33.2 Å². The molecular weight excluding hydrogens is 1190 g/mol. The fourth-order valence-corrected chi connectivity index (χ4v) is 19.3. The van der Waals surface area contributed by atoms with Crippen molar-refractivity contribution < 1.29 is 14.0 Å². The lowest BCUT2D eigenvalue weighted by molar-refractivity contribution is 0.309. The Balaban J connectivity index is 1.24. The van der Waals surface area contributed by atoms with Crippen LogP contribution in [0, 0.1) is 0 Å². The molecule has 12 aromatic rings. The van der Waals surface area contributed by atoms with E-state index in [2.05, 4.69) is 294 Å². The van der Waals surface area contributed by atoms with Crippen LogP contribution in [0.1, 0.15) is 0 Å². The largest absolute Gasteiger partial charge is 0.864 e. The Kier molecular flexibility index (Phi) is 17.5. The predicted octanol–water partition coefficient (Wildman–Crippen LogP) is 21.2. The molecule has 0 N–H and O–H groups in total. The first-order valence-corrected chi connectivity index (χ1v) is 41.9. The SMILES string of the molecule is C[Si](C)(Cl)c1c(-c2ccccc2)cc(OB(Oc2cc(-c3ccccc3)c([Si](C)(C)Cl)c(-c3ccccc3)c2-c2ccccc2)Oc2cc(-c3ccccc3)c([Si](C)(C)Cl)c(-c3ccccc3)c2-c2ccccc2)c(-c2ccccc2)c1-c1ccccc1. The summed E-state index contributed by atoms with van der Waals surface area (Å²) < 4.78 is 23.9. The Morgan fingerprint density at radius 1 is 0.227 bits per heavy atom. The molecule has 12 aromatic carbocycles. The molecule has 0 saturated heterocycles. The third-order valence-corrected chi connectivity index (χ3v) is 22.8. The van der Waals surface area contributed by atoms with Gasteiger partial charge >= 0.3 is 7.32 Å². The van der Waals surface area contributed by atoms with Gasteiger partial charge in [-0.3, -0.25) is 0 Å². The zero-order valence-electron chi connectivity index (χ0n) is 50.1. The van der Waals surface area contributed by atoms with Gasteiger partial charge in [-0.15, -0.1) is 0 Å². The van der Waals surface area contributed by atoms with Gasteiger partial charge in [-0.2, -0.15) is 33.2 Å². The quantitative estimate of drug-likeness (QED) is 0.0633. The first kappa shape index (κ1) is 59.9. The molecule has 0 heterocycles. The average molecular weight is 1250 g/mol. The maximum atomic E-state index is 7.95. The molecule has 0 radical (unpaired) electrons. The van der Waals surface area contributed by atoms with E-state index in [1.807, 2.05) is 36.4 Å². The normalized spacial score (nSPS) is 11.7. The van der Waals surface area contributed by atoms with Crippen LogP contribution in [-0.2, 0) is 0 Å². The van der Waals surface area contributed by atoms with Gasteiger partial charge < -0.3 is 14.0 Å². The first-order chi connectivity index (χ1) is 42.6. The van der Waals surface area contributed by atoms with Crippen LogP contribution in [0.4, 0.5) is 0 Å². The van der Waals surface area contributed by atoms with Crippen molar-refractivity contribution in [1.82, 2.24) is 0 Å². The monoisotopic (exact) mass is 1250 g/mol. The maximum absolute atomic E-state index is 7.95. The Hall–Kier alpha value is -8.37. The van der Waals surface area contributed by atoms with E-state index in [-0.39, 0.29) is 0 Å². The lowest BCUT2D eigenvalue weighted by atomic mass is 9.88. The van der Waals surface area contributed by atoms with Crippen molar-refractivity contribution in [2.24, 2.45) is 0 Å². The second-order valence-electron chi connectivity index (χ2n) is 23.5. The minimum Gasteiger partial charge on any atom is -0.489 e. The van der Waals surface area contributed by atoms with Crippen LogP contribution in [0.2, 0.25) is 39.3 Å². The minimum absolute atomic E-state index is 0.532. The highest BCUT2D eigenvalue weighted by Gasteiger charge is 2.41. The molecule has 0 aromatic heterocycles. The minimum atomic E-state index is -2.78. The van der Waals surface area contributed by atoms with Gasteiger partial charge in [0, 0.05) is 16.7 Å². The van der Waals surface area contributed by atoms with Crippen LogP contribution in [-0.4, -0.2) is 29.5 Å². The highest BCUT2D eigenvalue weighted by molar-refractivity contribution is 7.28. The molecule has 0 aliphatic rings. The van der Waals surface area contributed by atoms with Crippen LogP contribution < -0.4 is 29.5 Å². The fraction of sp³-hybridized carbons (Fsp3) is 0.0769. The molecule has 0 amide bonds. The second kappa shape index (κ2) is 25.8. The van der Waals surface area contributed by atoms with Crippen LogP contribution in [0.25, 0.3) is 100 Å². The van der Waals surface area contributed by atoms with Crippen molar-refractivity contribution in [2.45, 2.75) is 39.3 Å². The number of hydrogen-bond donors (Lipinski definition) is 0. The Bertz CT molecular complexity index is 3910. The van der Waals surface area contributed by atoms with E-state index in [9.17, 15) is 0 Å². The molecule has 0 unspecified atom stereocenters. The summed E-state index contributed by atoms with van der Waals surface area (Å²) in [6.07, 6.45) is 0. The summed E-state index contributed by atoms with van der Waals surface area (Å²) >= 11 is 23.8. The van der Waals surface area contributed by atoms with E-state index >= 15 is 0 Å². The summed E-state index contributed by atoms with van der Waals surface area (Å²) in [6.45, 7) is 13.2. The number of benzene rings is 12. The van der Waals surface area contributed by atoms with Crippen LogP contribution in [0.5, 0.6) is 17.2 Å². The zero-order valence-corrected chi connectivity index (χ0v) is 55.4. The van der Waals surface area contributed by atoms with Crippen molar-refractivity contribution in [1.29, 1.82) is 0 Å².